The highest BCUT2D eigenvalue weighted by molar-refractivity contribution is 7.99. The summed E-state index contributed by atoms with van der Waals surface area (Å²) in [4.78, 5) is 16.7. The monoisotopic (exact) mass is 397 g/mol. The number of carbonyl (C=O) groups excluding carboxylic acids is 1. The van der Waals surface area contributed by atoms with Gasteiger partial charge < -0.3 is 24.5 Å². The van der Waals surface area contributed by atoms with Crippen LogP contribution in [0.2, 0.25) is 0 Å². The number of rotatable bonds is 7. The molecule has 7 nitrogen and oxygen atoms in total. The predicted molar refractivity (Wildman–Crippen MR) is 106 cm³/mol. The molecule has 0 fully saturated rings. The second-order valence-electron chi connectivity index (χ2n) is 6.17. The van der Waals surface area contributed by atoms with E-state index in [4.69, 9.17) is 9.47 Å². The highest BCUT2D eigenvalue weighted by atomic mass is 32.2. The Balaban J connectivity index is 1.40. The zero-order chi connectivity index (χ0) is 19.3. The minimum atomic E-state index is -0.149. The molecule has 0 aliphatic carbocycles. The van der Waals surface area contributed by atoms with E-state index in [1.54, 1.807) is 24.4 Å². The average Bonchev–Trinajstić information content (AvgIpc) is 3.33. The number of aliphatic hydroxyl groups is 1. The van der Waals surface area contributed by atoms with Gasteiger partial charge in [-0.2, -0.15) is 0 Å². The molecular formula is C20H19N3O4S. The van der Waals surface area contributed by atoms with Gasteiger partial charge in [-0.05, 0) is 17.7 Å². The van der Waals surface area contributed by atoms with Crippen LogP contribution in [0.15, 0.2) is 59.9 Å². The number of imidazole rings is 1. The molecule has 1 aliphatic rings. The van der Waals surface area contributed by atoms with Gasteiger partial charge in [-0.25, -0.2) is 4.98 Å². The van der Waals surface area contributed by atoms with Gasteiger partial charge in [0.1, 0.15) is 0 Å². The molecule has 8 heteroatoms. The summed E-state index contributed by atoms with van der Waals surface area (Å²) >= 11 is 1.33. The van der Waals surface area contributed by atoms with Crippen LogP contribution >= 0.6 is 11.8 Å². The van der Waals surface area contributed by atoms with Crippen LogP contribution in [0.4, 0.5) is 5.69 Å². The van der Waals surface area contributed by atoms with Crippen molar-refractivity contribution >= 4 is 23.4 Å². The van der Waals surface area contributed by atoms with Crippen molar-refractivity contribution in [2.24, 2.45) is 0 Å². The van der Waals surface area contributed by atoms with Gasteiger partial charge in [0.15, 0.2) is 16.7 Å². The summed E-state index contributed by atoms with van der Waals surface area (Å²) in [6, 6.07) is 15.2. The summed E-state index contributed by atoms with van der Waals surface area (Å²) in [5.41, 5.74) is 2.46. The number of ether oxygens (including phenoxy) is 2. The van der Waals surface area contributed by atoms with E-state index in [0.717, 1.165) is 5.56 Å². The largest absolute Gasteiger partial charge is 0.454 e. The maximum Gasteiger partial charge on any atom is 0.234 e. The molecule has 144 valence electrons. The van der Waals surface area contributed by atoms with Crippen molar-refractivity contribution in [3.8, 4) is 11.5 Å². The Bertz CT molecular complexity index is 975. The van der Waals surface area contributed by atoms with Crippen LogP contribution < -0.4 is 14.8 Å². The third-order valence-electron chi connectivity index (χ3n) is 4.24. The standard InChI is InChI=1S/C20H19N3O4S/c24-11-16-9-21-20(23(16)10-14-4-2-1-3-5-14)28-12-19(25)22-15-6-7-17-18(8-15)27-13-26-17/h1-9,24H,10-13H2,(H,22,25). The average molecular weight is 397 g/mol. The van der Waals surface area contributed by atoms with Crippen LogP contribution in [0.25, 0.3) is 0 Å². The summed E-state index contributed by atoms with van der Waals surface area (Å²) in [7, 11) is 0. The van der Waals surface area contributed by atoms with Crippen molar-refractivity contribution < 1.29 is 19.4 Å². The van der Waals surface area contributed by atoms with Gasteiger partial charge in [-0.1, -0.05) is 42.1 Å². The third kappa shape index (κ3) is 4.13. The highest BCUT2D eigenvalue weighted by Crippen LogP contribution is 2.34. The Morgan fingerprint density at radius 1 is 1.18 bits per heavy atom. The quantitative estimate of drug-likeness (QED) is 0.597. The van der Waals surface area contributed by atoms with E-state index >= 15 is 0 Å². The number of carbonyl (C=O) groups is 1. The van der Waals surface area contributed by atoms with E-state index in [9.17, 15) is 9.90 Å². The van der Waals surface area contributed by atoms with Crippen molar-refractivity contribution in [1.82, 2.24) is 9.55 Å². The second kappa shape index (κ2) is 8.37. The van der Waals surface area contributed by atoms with E-state index in [1.165, 1.54) is 11.8 Å². The molecule has 2 heterocycles. The number of amides is 1. The van der Waals surface area contributed by atoms with E-state index < -0.39 is 0 Å². The molecule has 0 bridgehead atoms. The number of fused-ring (bicyclic) bond motifs is 1. The highest BCUT2D eigenvalue weighted by Gasteiger charge is 2.15. The number of nitrogens with one attached hydrogen (secondary N) is 1. The SMILES string of the molecule is O=C(CSc1ncc(CO)n1Cc1ccccc1)Nc1ccc2c(c1)OCO2. The summed E-state index contributed by atoms with van der Waals surface area (Å²) < 4.78 is 12.5. The van der Waals surface area contributed by atoms with Crippen LogP contribution in [0.1, 0.15) is 11.3 Å². The van der Waals surface area contributed by atoms with Gasteiger partial charge in [0.25, 0.3) is 0 Å². The summed E-state index contributed by atoms with van der Waals surface area (Å²) in [5.74, 6) is 1.34. The summed E-state index contributed by atoms with van der Waals surface area (Å²) in [6.45, 7) is 0.673. The van der Waals surface area contributed by atoms with Crippen LogP contribution in [0.3, 0.4) is 0 Å². The van der Waals surface area contributed by atoms with Gasteiger partial charge in [-0.3, -0.25) is 4.79 Å². The molecule has 1 aliphatic heterocycles. The third-order valence-corrected chi connectivity index (χ3v) is 5.23. The summed E-state index contributed by atoms with van der Waals surface area (Å²) in [6.07, 6.45) is 1.64. The van der Waals surface area contributed by atoms with Crippen molar-refractivity contribution in [1.29, 1.82) is 0 Å². The fraction of sp³-hybridized carbons (Fsp3) is 0.200. The molecule has 0 saturated carbocycles. The van der Waals surface area contributed by atoms with Crippen molar-refractivity contribution in [3.05, 3.63) is 66.0 Å². The minimum Gasteiger partial charge on any atom is -0.454 e. The fourth-order valence-corrected chi connectivity index (χ4v) is 3.67. The first-order valence-electron chi connectivity index (χ1n) is 8.74. The normalized spacial score (nSPS) is 12.2. The lowest BCUT2D eigenvalue weighted by molar-refractivity contribution is -0.113. The van der Waals surface area contributed by atoms with E-state index in [2.05, 4.69) is 10.3 Å². The zero-order valence-corrected chi connectivity index (χ0v) is 15.8. The molecule has 1 amide bonds. The number of hydrogen-bond donors (Lipinski definition) is 2. The molecule has 28 heavy (non-hydrogen) atoms. The van der Waals surface area contributed by atoms with E-state index in [0.29, 0.717) is 34.6 Å². The Hall–Kier alpha value is -2.97. The van der Waals surface area contributed by atoms with Crippen LogP contribution in [-0.4, -0.2) is 33.1 Å². The number of anilines is 1. The lowest BCUT2D eigenvalue weighted by atomic mass is 10.2. The molecular weight excluding hydrogens is 378 g/mol. The lowest BCUT2D eigenvalue weighted by Gasteiger charge is -2.11. The topological polar surface area (TPSA) is 85.6 Å². The number of aromatic nitrogens is 2. The number of nitrogens with zero attached hydrogens (tertiary/aromatic N) is 2. The Morgan fingerprint density at radius 3 is 2.82 bits per heavy atom. The molecule has 0 saturated heterocycles. The maximum atomic E-state index is 12.3. The first kappa shape index (κ1) is 18.4. The van der Waals surface area contributed by atoms with Crippen molar-refractivity contribution in [2.75, 3.05) is 17.9 Å². The Morgan fingerprint density at radius 2 is 2.00 bits per heavy atom. The number of hydrogen-bond acceptors (Lipinski definition) is 6. The van der Waals surface area contributed by atoms with E-state index in [-0.39, 0.29) is 25.1 Å². The molecule has 0 radical (unpaired) electrons. The van der Waals surface area contributed by atoms with Crippen LogP contribution in [0, 0.1) is 0 Å². The summed E-state index contributed by atoms with van der Waals surface area (Å²) in [5, 5.41) is 13.1. The van der Waals surface area contributed by atoms with E-state index in [1.807, 2.05) is 34.9 Å². The maximum absolute atomic E-state index is 12.3. The Kier molecular flexibility index (Phi) is 5.50. The Labute approximate surface area is 166 Å². The van der Waals surface area contributed by atoms with Crippen LogP contribution in [0.5, 0.6) is 11.5 Å². The molecule has 2 N–H and O–H groups in total. The molecule has 1 aromatic heterocycles. The first-order valence-corrected chi connectivity index (χ1v) is 9.73. The molecule has 3 aromatic rings. The van der Waals surface area contributed by atoms with Gasteiger partial charge in [0, 0.05) is 18.3 Å². The smallest absolute Gasteiger partial charge is 0.234 e. The van der Waals surface area contributed by atoms with Gasteiger partial charge in [-0.15, -0.1) is 0 Å². The molecule has 0 atom stereocenters. The number of aliphatic hydroxyl groups excluding tert-OH is 1. The minimum absolute atomic E-state index is 0.107. The zero-order valence-electron chi connectivity index (χ0n) is 15.0. The van der Waals surface area contributed by atoms with Crippen LogP contribution in [-0.2, 0) is 17.9 Å². The number of benzene rings is 2. The van der Waals surface area contributed by atoms with Gasteiger partial charge in [0.05, 0.1) is 24.3 Å². The molecule has 0 spiro atoms. The van der Waals surface area contributed by atoms with Gasteiger partial charge >= 0.3 is 0 Å². The molecule has 4 rings (SSSR count). The molecule has 0 unspecified atom stereocenters. The van der Waals surface area contributed by atoms with Crippen molar-refractivity contribution in [2.45, 2.75) is 18.3 Å². The predicted octanol–water partition coefficient (Wildman–Crippen LogP) is 2.88. The molecule has 2 aromatic carbocycles. The van der Waals surface area contributed by atoms with Gasteiger partial charge in [0.2, 0.25) is 12.7 Å². The van der Waals surface area contributed by atoms with Crippen molar-refractivity contribution in [3.63, 3.8) is 0 Å². The number of thioether (sulfide) groups is 1. The first-order chi connectivity index (χ1) is 13.7. The fourth-order valence-electron chi connectivity index (χ4n) is 2.87. The lowest BCUT2D eigenvalue weighted by Crippen LogP contribution is -2.15. The second-order valence-corrected chi connectivity index (χ2v) is 7.11.